The van der Waals surface area contributed by atoms with Crippen LogP contribution >= 0.6 is 11.6 Å². The van der Waals surface area contributed by atoms with Crippen LogP contribution in [0.5, 0.6) is 0 Å². The molecule has 0 saturated heterocycles. The minimum atomic E-state index is 0.0193. The second-order valence-corrected chi connectivity index (χ2v) is 7.23. The zero-order chi connectivity index (χ0) is 17.8. The molecule has 0 radical (unpaired) electrons. The van der Waals surface area contributed by atoms with Gasteiger partial charge in [-0.25, -0.2) is 0 Å². The van der Waals surface area contributed by atoms with Crippen LogP contribution in [0.15, 0.2) is 54.6 Å². The zero-order valence-electron chi connectivity index (χ0n) is 14.7. The summed E-state index contributed by atoms with van der Waals surface area (Å²) in [7, 11) is 4.15. The van der Waals surface area contributed by atoms with Gasteiger partial charge in [-0.15, -0.1) is 0 Å². The summed E-state index contributed by atoms with van der Waals surface area (Å²) in [5.41, 5.74) is 3.24. The highest BCUT2D eigenvalue weighted by Crippen LogP contribution is 2.30. The van der Waals surface area contributed by atoms with Gasteiger partial charge in [-0.3, -0.25) is 4.79 Å². The number of carbonyl (C=O) groups is 1. The lowest BCUT2D eigenvalue weighted by atomic mass is 9.92. The monoisotopic (exact) mass is 354 g/mol. The third-order valence-corrected chi connectivity index (χ3v) is 4.66. The minimum Gasteiger partial charge on any atom is -0.309 e. The number of carbonyl (C=O) groups excluding carboxylic acids is 1. The summed E-state index contributed by atoms with van der Waals surface area (Å²) in [6.45, 7) is 1.72. The Morgan fingerprint density at radius 2 is 1.92 bits per heavy atom. The van der Waals surface area contributed by atoms with Crippen LogP contribution in [0.3, 0.4) is 0 Å². The number of hydrogen-bond acceptors (Lipinski definition) is 2. The first-order valence-electron chi connectivity index (χ1n) is 8.50. The van der Waals surface area contributed by atoms with Crippen molar-refractivity contribution >= 4 is 29.3 Å². The highest BCUT2D eigenvalue weighted by Gasteiger charge is 2.27. The van der Waals surface area contributed by atoms with Crippen LogP contribution < -0.4 is 4.90 Å². The number of amides is 1. The van der Waals surface area contributed by atoms with Crippen LogP contribution in [0.1, 0.15) is 11.1 Å². The van der Waals surface area contributed by atoms with Gasteiger partial charge in [-0.2, -0.15) is 0 Å². The first-order valence-corrected chi connectivity index (χ1v) is 8.88. The lowest BCUT2D eigenvalue weighted by Gasteiger charge is -2.35. The van der Waals surface area contributed by atoms with Gasteiger partial charge >= 0.3 is 0 Å². The standard InChI is InChI=1S/C21H23ClN2O/c1-23(2)14-17-13-18-5-3-4-6-20(18)24(15-17)21(25)12-9-16-7-10-19(22)11-8-16/h3-12,17H,13-15H2,1-2H3/b12-9+. The molecule has 130 valence electrons. The minimum absolute atomic E-state index is 0.0193. The molecule has 2 aromatic rings. The summed E-state index contributed by atoms with van der Waals surface area (Å²) in [5.74, 6) is 0.462. The molecular weight excluding hydrogens is 332 g/mol. The van der Waals surface area contributed by atoms with Gasteiger partial charge in [0.15, 0.2) is 0 Å². The molecule has 1 aliphatic rings. The van der Waals surface area contributed by atoms with E-state index in [2.05, 4.69) is 25.1 Å². The Hall–Kier alpha value is -2.10. The Labute approximate surface area is 154 Å². The Bertz CT molecular complexity index is 768. The number of para-hydroxylation sites is 1. The van der Waals surface area contributed by atoms with Gasteiger partial charge in [0.25, 0.3) is 5.91 Å². The van der Waals surface area contributed by atoms with E-state index >= 15 is 0 Å². The molecule has 0 bridgehead atoms. The summed E-state index contributed by atoms with van der Waals surface area (Å²) in [4.78, 5) is 16.9. The van der Waals surface area contributed by atoms with E-state index in [-0.39, 0.29) is 5.91 Å². The summed E-state index contributed by atoms with van der Waals surface area (Å²) in [5, 5.41) is 0.694. The van der Waals surface area contributed by atoms with Crippen molar-refractivity contribution in [3.05, 3.63) is 70.8 Å². The van der Waals surface area contributed by atoms with Crippen LogP contribution in [-0.2, 0) is 11.2 Å². The fourth-order valence-electron chi connectivity index (χ4n) is 3.36. The third kappa shape index (κ3) is 4.50. The van der Waals surface area contributed by atoms with E-state index in [1.807, 2.05) is 53.4 Å². The molecule has 4 heteroatoms. The van der Waals surface area contributed by atoms with E-state index in [9.17, 15) is 4.79 Å². The Kier molecular flexibility index (Phi) is 5.57. The predicted octanol–water partition coefficient (Wildman–Crippen LogP) is 4.12. The summed E-state index contributed by atoms with van der Waals surface area (Å²) < 4.78 is 0. The van der Waals surface area contributed by atoms with E-state index in [0.29, 0.717) is 10.9 Å². The predicted molar refractivity (Wildman–Crippen MR) is 105 cm³/mol. The fourth-order valence-corrected chi connectivity index (χ4v) is 3.48. The SMILES string of the molecule is CN(C)CC1Cc2ccccc2N(C(=O)/C=C/c2ccc(Cl)cc2)C1. The normalized spacial score (nSPS) is 17.1. The van der Waals surface area contributed by atoms with E-state index in [0.717, 1.165) is 30.8 Å². The van der Waals surface area contributed by atoms with E-state index < -0.39 is 0 Å². The number of hydrogen-bond donors (Lipinski definition) is 0. The second-order valence-electron chi connectivity index (χ2n) is 6.79. The van der Waals surface area contributed by atoms with Crippen LogP contribution in [-0.4, -0.2) is 38.0 Å². The largest absolute Gasteiger partial charge is 0.309 e. The van der Waals surface area contributed by atoms with Crippen molar-refractivity contribution in [3.8, 4) is 0 Å². The first kappa shape index (κ1) is 17.7. The molecule has 0 aliphatic carbocycles. The smallest absolute Gasteiger partial charge is 0.251 e. The quantitative estimate of drug-likeness (QED) is 0.771. The van der Waals surface area contributed by atoms with Gasteiger partial charge in [0.1, 0.15) is 0 Å². The van der Waals surface area contributed by atoms with Crippen molar-refractivity contribution in [3.63, 3.8) is 0 Å². The Morgan fingerprint density at radius 3 is 2.64 bits per heavy atom. The number of nitrogens with zero attached hydrogens (tertiary/aromatic N) is 2. The highest BCUT2D eigenvalue weighted by molar-refractivity contribution is 6.30. The van der Waals surface area contributed by atoms with Gasteiger partial charge in [0.2, 0.25) is 0 Å². The van der Waals surface area contributed by atoms with E-state index in [1.165, 1.54) is 5.56 Å². The summed E-state index contributed by atoms with van der Waals surface area (Å²) in [6, 6.07) is 15.7. The molecule has 1 atom stereocenters. The molecule has 1 heterocycles. The molecule has 1 aliphatic heterocycles. The number of halogens is 1. The van der Waals surface area contributed by atoms with Gasteiger partial charge in [0, 0.05) is 29.9 Å². The maximum absolute atomic E-state index is 12.8. The number of fused-ring (bicyclic) bond motifs is 1. The van der Waals surface area contributed by atoms with Crippen LogP contribution in [0.2, 0.25) is 5.02 Å². The Morgan fingerprint density at radius 1 is 1.20 bits per heavy atom. The molecule has 1 unspecified atom stereocenters. The van der Waals surface area contributed by atoms with Crippen LogP contribution in [0.25, 0.3) is 6.08 Å². The molecule has 0 fully saturated rings. The van der Waals surface area contributed by atoms with Gasteiger partial charge in [-0.05, 0) is 61.8 Å². The van der Waals surface area contributed by atoms with Crippen molar-refractivity contribution in [2.24, 2.45) is 5.92 Å². The second kappa shape index (κ2) is 7.85. The van der Waals surface area contributed by atoms with Crippen molar-refractivity contribution in [1.29, 1.82) is 0 Å². The van der Waals surface area contributed by atoms with Crippen molar-refractivity contribution < 1.29 is 4.79 Å². The summed E-state index contributed by atoms with van der Waals surface area (Å²) >= 11 is 5.91. The molecule has 0 saturated carbocycles. The molecule has 0 aromatic heterocycles. The molecule has 3 rings (SSSR count). The van der Waals surface area contributed by atoms with E-state index in [1.54, 1.807) is 6.08 Å². The molecule has 25 heavy (non-hydrogen) atoms. The van der Waals surface area contributed by atoms with Crippen LogP contribution in [0.4, 0.5) is 5.69 Å². The molecule has 3 nitrogen and oxygen atoms in total. The maximum atomic E-state index is 12.8. The Balaban J connectivity index is 1.81. The molecular formula is C21H23ClN2O. The van der Waals surface area contributed by atoms with Crippen molar-refractivity contribution in [2.45, 2.75) is 6.42 Å². The fraction of sp³-hybridized carbons (Fsp3) is 0.286. The molecule has 1 amide bonds. The van der Waals surface area contributed by atoms with E-state index in [4.69, 9.17) is 11.6 Å². The topological polar surface area (TPSA) is 23.6 Å². The van der Waals surface area contributed by atoms with Crippen LogP contribution in [0, 0.1) is 5.92 Å². The van der Waals surface area contributed by atoms with Gasteiger partial charge in [0.05, 0.1) is 0 Å². The van der Waals surface area contributed by atoms with Crippen molar-refractivity contribution in [1.82, 2.24) is 4.90 Å². The highest BCUT2D eigenvalue weighted by atomic mass is 35.5. The molecule has 0 N–H and O–H groups in total. The lowest BCUT2D eigenvalue weighted by molar-refractivity contribution is -0.114. The molecule has 2 aromatic carbocycles. The number of rotatable bonds is 4. The summed E-state index contributed by atoms with van der Waals surface area (Å²) in [6.07, 6.45) is 4.51. The average Bonchev–Trinajstić information content (AvgIpc) is 2.59. The lowest BCUT2D eigenvalue weighted by Crippen LogP contribution is -2.42. The number of benzene rings is 2. The number of anilines is 1. The maximum Gasteiger partial charge on any atom is 0.251 e. The van der Waals surface area contributed by atoms with Gasteiger partial charge in [-0.1, -0.05) is 41.9 Å². The van der Waals surface area contributed by atoms with Gasteiger partial charge < -0.3 is 9.80 Å². The zero-order valence-corrected chi connectivity index (χ0v) is 15.4. The average molecular weight is 355 g/mol. The first-order chi connectivity index (χ1) is 12.0. The molecule has 0 spiro atoms. The van der Waals surface area contributed by atoms with Crippen molar-refractivity contribution in [2.75, 3.05) is 32.1 Å². The third-order valence-electron chi connectivity index (χ3n) is 4.41.